The normalized spacial score (nSPS) is 49.2. The molecule has 0 heterocycles. The average molecular weight is 453 g/mol. The summed E-state index contributed by atoms with van der Waals surface area (Å²) in [4.78, 5) is 25.3. The molecule has 0 aromatic carbocycles. The molecule has 33 heavy (non-hydrogen) atoms. The molecule has 3 fully saturated rings. The Kier molecular flexibility index (Phi) is 4.76. The molecular weight excluding hydrogens is 412 g/mol. The summed E-state index contributed by atoms with van der Waals surface area (Å²) < 4.78 is 0. The van der Waals surface area contributed by atoms with E-state index < -0.39 is 11.4 Å². The number of ketones is 1. The van der Waals surface area contributed by atoms with E-state index in [1.54, 1.807) is 0 Å². The summed E-state index contributed by atoms with van der Waals surface area (Å²) in [5.74, 6) is 0.330. The molecule has 5 aliphatic carbocycles. The highest BCUT2D eigenvalue weighted by Gasteiger charge is 2.67. The molecule has 0 spiro atoms. The van der Waals surface area contributed by atoms with E-state index in [1.165, 1.54) is 11.1 Å². The zero-order valence-corrected chi connectivity index (χ0v) is 21.1. The van der Waals surface area contributed by atoms with Gasteiger partial charge in [0, 0.05) is 11.0 Å². The van der Waals surface area contributed by atoms with Crippen LogP contribution in [0.4, 0.5) is 0 Å². The number of carboxylic acids is 1. The van der Waals surface area contributed by atoms with Gasteiger partial charge >= 0.3 is 5.97 Å². The minimum atomic E-state index is -0.629. The summed E-state index contributed by atoms with van der Waals surface area (Å²) in [6.45, 7) is 13.5. The molecule has 2 N–H and O–H groups in total. The maximum absolute atomic E-state index is 12.7. The summed E-state index contributed by atoms with van der Waals surface area (Å²) in [5.41, 5.74) is 2.27. The lowest BCUT2D eigenvalue weighted by Gasteiger charge is -2.68. The van der Waals surface area contributed by atoms with E-state index in [2.05, 4.69) is 40.7 Å². The van der Waals surface area contributed by atoms with E-state index >= 15 is 0 Å². The standard InChI is InChI=1S/C29H40O4/c1-16-9-12-29(25(32)33)14-13-27(5)20(23(29)17(16)2)7-8-22-26(4)15-21(30)24(31)18(3)19(26)10-11-28(22,27)6/h7,15-17,22-23,30H,8-14H2,1-6H3,(H,32,33)/t16-,17+,22-,23+,26+,27-,28-,29+/m1/s1. The second-order valence-electron chi connectivity index (χ2n) is 12.8. The summed E-state index contributed by atoms with van der Waals surface area (Å²) in [6, 6.07) is 0. The first-order valence-electron chi connectivity index (χ1n) is 12.9. The third kappa shape index (κ3) is 2.59. The topological polar surface area (TPSA) is 74.6 Å². The number of hydrogen-bond donors (Lipinski definition) is 2. The Morgan fingerprint density at radius 1 is 1.09 bits per heavy atom. The Hall–Kier alpha value is -1.84. The zero-order chi connectivity index (χ0) is 24.1. The summed E-state index contributed by atoms with van der Waals surface area (Å²) in [5, 5.41) is 21.0. The van der Waals surface area contributed by atoms with Crippen LogP contribution in [0.3, 0.4) is 0 Å². The van der Waals surface area contributed by atoms with E-state index in [-0.39, 0.29) is 39.6 Å². The Balaban J connectivity index is 1.67. The predicted octanol–water partition coefficient (Wildman–Crippen LogP) is 6.63. The number of aliphatic carboxylic acids is 1. The molecule has 0 radical (unpaired) electrons. The fraction of sp³-hybridized carbons (Fsp3) is 0.724. The molecule has 5 aliphatic rings. The molecule has 4 nitrogen and oxygen atoms in total. The van der Waals surface area contributed by atoms with Crippen molar-refractivity contribution in [3.05, 3.63) is 34.6 Å². The molecule has 3 saturated carbocycles. The molecule has 0 unspecified atom stereocenters. The van der Waals surface area contributed by atoms with Crippen molar-refractivity contribution in [3.8, 4) is 0 Å². The largest absolute Gasteiger partial charge is 0.504 e. The Bertz CT molecular complexity index is 1030. The predicted molar refractivity (Wildman–Crippen MR) is 129 cm³/mol. The summed E-state index contributed by atoms with van der Waals surface area (Å²) in [7, 11) is 0. The molecule has 4 heteroatoms. The Morgan fingerprint density at radius 3 is 2.45 bits per heavy atom. The van der Waals surface area contributed by atoms with Crippen molar-refractivity contribution in [2.45, 2.75) is 86.5 Å². The van der Waals surface area contributed by atoms with Gasteiger partial charge in [-0.25, -0.2) is 0 Å². The molecule has 0 saturated heterocycles. The van der Waals surface area contributed by atoms with E-state index in [0.29, 0.717) is 11.8 Å². The fourth-order valence-corrected chi connectivity index (χ4v) is 9.44. The highest BCUT2D eigenvalue weighted by atomic mass is 16.4. The Morgan fingerprint density at radius 2 is 1.79 bits per heavy atom. The van der Waals surface area contributed by atoms with Gasteiger partial charge in [-0.2, -0.15) is 0 Å². The Labute approximate surface area is 198 Å². The average Bonchev–Trinajstić information content (AvgIpc) is 2.75. The van der Waals surface area contributed by atoms with Crippen molar-refractivity contribution in [1.29, 1.82) is 0 Å². The number of carbonyl (C=O) groups excluding carboxylic acids is 1. The second-order valence-corrected chi connectivity index (χ2v) is 12.8. The molecule has 0 amide bonds. The highest BCUT2D eigenvalue weighted by Crippen LogP contribution is 2.73. The van der Waals surface area contributed by atoms with Crippen LogP contribution < -0.4 is 0 Å². The van der Waals surface area contributed by atoms with Gasteiger partial charge in [0.2, 0.25) is 5.78 Å². The van der Waals surface area contributed by atoms with Gasteiger partial charge in [-0.1, -0.05) is 51.8 Å². The van der Waals surface area contributed by atoms with Crippen LogP contribution in [0, 0.1) is 45.3 Å². The summed E-state index contributed by atoms with van der Waals surface area (Å²) in [6.07, 6.45) is 10.4. The van der Waals surface area contributed by atoms with Crippen LogP contribution in [0.25, 0.3) is 0 Å². The molecule has 180 valence electrons. The highest BCUT2D eigenvalue weighted by molar-refractivity contribution is 6.08. The summed E-state index contributed by atoms with van der Waals surface area (Å²) >= 11 is 0. The number of fused-ring (bicyclic) bond motifs is 7. The smallest absolute Gasteiger partial charge is 0.310 e. The van der Waals surface area contributed by atoms with Gasteiger partial charge < -0.3 is 10.2 Å². The van der Waals surface area contributed by atoms with E-state index in [9.17, 15) is 19.8 Å². The molecule has 0 aromatic heterocycles. The number of hydrogen-bond acceptors (Lipinski definition) is 3. The number of aliphatic hydroxyl groups excluding tert-OH is 1. The number of carboxylic acid groups (broad SMARTS) is 1. The lowest BCUT2D eigenvalue weighted by molar-refractivity contribution is -0.168. The van der Waals surface area contributed by atoms with Crippen molar-refractivity contribution in [2.24, 2.45) is 45.3 Å². The van der Waals surface area contributed by atoms with Crippen LogP contribution in [0.2, 0.25) is 0 Å². The van der Waals surface area contributed by atoms with E-state index in [4.69, 9.17) is 0 Å². The van der Waals surface area contributed by atoms with Gasteiger partial charge in [-0.05, 0) is 92.4 Å². The van der Waals surface area contributed by atoms with E-state index in [0.717, 1.165) is 50.5 Å². The minimum absolute atomic E-state index is 0.0160. The monoisotopic (exact) mass is 452 g/mol. The number of Topliss-reactive ketones (excluding diaryl/α,β-unsaturated/α-hetero) is 1. The zero-order valence-electron chi connectivity index (χ0n) is 21.1. The van der Waals surface area contributed by atoms with Crippen molar-refractivity contribution >= 4 is 11.8 Å². The first-order chi connectivity index (χ1) is 15.3. The van der Waals surface area contributed by atoms with Gasteiger partial charge in [0.25, 0.3) is 0 Å². The van der Waals surface area contributed by atoms with Crippen molar-refractivity contribution < 1.29 is 19.8 Å². The third-order valence-corrected chi connectivity index (χ3v) is 11.9. The van der Waals surface area contributed by atoms with Gasteiger partial charge in [0.15, 0.2) is 5.76 Å². The molecule has 0 aromatic rings. The molecular formula is C29H40O4. The van der Waals surface area contributed by atoms with Crippen molar-refractivity contribution in [2.75, 3.05) is 0 Å². The first kappa shape index (κ1) is 22.9. The first-order valence-corrected chi connectivity index (χ1v) is 12.9. The van der Waals surface area contributed by atoms with Crippen LogP contribution in [0.1, 0.15) is 86.5 Å². The minimum Gasteiger partial charge on any atom is -0.504 e. The quantitative estimate of drug-likeness (QED) is 0.438. The molecule has 0 bridgehead atoms. The molecule has 8 atom stereocenters. The maximum atomic E-state index is 12.7. The maximum Gasteiger partial charge on any atom is 0.310 e. The second kappa shape index (κ2) is 6.86. The van der Waals surface area contributed by atoms with Gasteiger partial charge in [0.1, 0.15) is 0 Å². The van der Waals surface area contributed by atoms with Gasteiger partial charge in [-0.15, -0.1) is 0 Å². The lowest BCUT2D eigenvalue weighted by atomic mass is 9.36. The SMILES string of the molecule is CC1=C2CC[C@]3(C)[C@H](CC=C4[C@@H]5[C@@H](C)[C@H](C)CC[C@]5(C(=O)O)CC[C@]43C)[C@@]2(C)C=C(O)C1=O. The van der Waals surface area contributed by atoms with Crippen LogP contribution in [0.5, 0.6) is 0 Å². The molecule has 0 aliphatic heterocycles. The molecule has 5 rings (SSSR count). The van der Waals surface area contributed by atoms with Gasteiger partial charge in [-0.3, -0.25) is 9.59 Å². The van der Waals surface area contributed by atoms with Crippen molar-refractivity contribution in [3.63, 3.8) is 0 Å². The lowest BCUT2D eigenvalue weighted by Crippen LogP contribution is -2.62. The van der Waals surface area contributed by atoms with Gasteiger partial charge in [0.05, 0.1) is 5.41 Å². The fourth-order valence-electron chi connectivity index (χ4n) is 9.44. The van der Waals surface area contributed by atoms with Crippen LogP contribution in [-0.4, -0.2) is 22.0 Å². The van der Waals surface area contributed by atoms with Crippen LogP contribution in [0.15, 0.2) is 34.6 Å². The number of aliphatic hydroxyl groups is 1. The van der Waals surface area contributed by atoms with Crippen molar-refractivity contribution in [1.82, 2.24) is 0 Å². The third-order valence-electron chi connectivity index (χ3n) is 11.9. The number of carbonyl (C=O) groups is 2. The van der Waals surface area contributed by atoms with Crippen LogP contribution in [-0.2, 0) is 9.59 Å². The van der Waals surface area contributed by atoms with E-state index in [1.807, 2.05) is 13.0 Å². The number of rotatable bonds is 1. The van der Waals surface area contributed by atoms with Crippen LogP contribution >= 0.6 is 0 Å². The number of allylic oxidation sites excluding steroid dienone is 5.